The Hall–Kier alpha value is -2.00. The van der Waals surface area contributed by atoms with E-state index >= 15 is 0 Å². The van der Waals surface area contributed by atoms with E-state index in [2.05, 4.69) is 10.1 Å². The average Bonchev–Trinajstić information content (AvgIpc) is 2.22. The number of benzene rings is 1. The van der Waals surface area contributed by atoms with E-state index in [1.54, 1.807) is 0 Å². The number of primary amides is 1. The van der Waals surface area contributed by atoms with Gasteiger partial charge >= 0.3 is 6.09 Å². The van der Waals surface area contributed by atoms with Gasteiger partial charge in [0.05, 0.1) is 5.69 Å². The molecule has 1 aromatic rings. The molecule has 0 saturated carbocycles. The first kappa shape index (κ1) is 14.1. The molecule has 1 amide bonds. The highest BCUT2D eigenvalue weighted by Gasteiger charge is 2.11. The standard InChI is InChI=1S/C9H14N4O4S/c10-7-5-6(13-3-4-17-9(11)14)1-2-8(7)18(12,15)16/h1-2,5,13H,3-4,10H2,(H2,11,14)(H2,12,15,16). The summed E-state index contributed by atoms with van der Waals surface area (Å²) >= 11 is 0. The summed E-state index contributed by atoms with van der Waals surface area (Å²) in [5, 5.41) is 7.83. The van der Waals surface area contributed by atoms with Gasteiger partial charge in [-0.2, -0.15) is 0 Å². The molecule has 0 radical (unpaired) electrons. The molecule has 0 bridgehead atoms. The van der Waals surface area contributed by atoms with E-state index in [1.807, 2.05) is 0 Å². The third kappa shape index (κ3) is 4.11. The molecule has 0 aromatic heterocycles. The maximum Gasteiger partial charge on any atom is 0.404 e. The summed E-state index contributed by atoms with van der Waals surface area (Å²) in [5.41, 5.74) is 10.9. The SMILES string of the molecule is NC(=O)OCCNc1ccc(S(N)(=O)=O)c(N)c1. The van der Waals surface area contributed by atoms with Crippen molar-refractivity contribution in [1.29, 1.82) is 0 Å². The molecule has 8 nitrogen and oxygen atoms in total. The Labute approximate surface area is 104 Å². The lowest BCUT2D eigenvalue weighted by Crippen LogP contribution is -2.18. The minimum atomic E-state index is -3.83. The number of hydrogen-bond acceptors (Lipinski definition) is 6. The summed E-state index contributed by atoms with van der Waals surface area (Å²) in [6.07, 6.45) is -0.860. The van der Waals surface area contributed by atoms with Gasteiger partial charge in [-0.05, 0) is 18.2 Å². The summed E-state index contributed by atoms with van der Waals surface area (Å²) in [7, 11) is -3.83. The van der Waals surface area contributed by atoms with Crippen molar-refractivity contribution in [1.82, 2.24) is 0 Å². The average molecular weight is 274 g/mol. The second kappa shape index (κ2) is 5.56. The summed E-state index contributed by atoms with van der Waals surface area (Å²) in [6.45, 7) is 0.406. The van der Waals surface area contributed by atoms with Crippen LogP contribution in [0.5, 0.6) is 0 Å². The molecule has 0 unspecified atom stereocenters. The number of rotatable bonds is 5. The lowest BCUT2D eigenvalue weighted by atomic mass is 10.3. The highest BCUT2D eigenvalue weighted by atomic mass is 32.2. The summed E-state index contributed by atoms with van der Waals surface area (Å²) in [5.74, 6) is 0. The molecule has 0 atom stereocenters. The van der Waals surface area contributed by atoms with E-state index in [1.165, 1.54) is 18.2 Å². The molecule has 0 aliphatic rings. The number of nitrogens with two attached hydrogens (primary N) is 3. The summed E-state index contributed by atoms with van der Waals surface area (Å²) in [4.78, 5) is 10.2. The van der Waals surface area contributed by atoms with Crippen molar-refractivity contribution in [3.8, 4) is 0 Å². The molecule has 1 rings (SSSR count). The maximum absolute atomic E-state index is 11.1. The van der Waals surface area contributed by atoms with Gasteiger partial charge in [-0.15, -0.1) is 0 Å². The Morgan fingerprint density at radius 2 is 2.06 bits per heavy atom. The van der Waals surface area contributed by atoms with Crippen molar-refractivity contribution >= 4 is 27.5 Å². The van der Waals surface area contributed by atoms with E-state index < -0.39 is 16.1 Å². The number of carbonyl (C=O) groups excluding carboxylic acids is 1. The second-order valence-electron chi connectivity index (χ2n) is 3.39. The van der Waals surface area contributed by atoms with E-state index in [-0.39, 0.29) is 17.2 Å². The lowest BCUT2D eigenvalue weighted by molar-refractivity contribution is 0.161. The van der Waals surface area contributed by atoms with Gasteiger partial charge in [0.15, 0.2) is 0 Å². The molecule has 18 heavy (non-hydrogen) atoms. The van der Waals surface area contributed by atoms with Gasteiger partial charge in [-0.3, -0.25) is 0 Å². The third-order valence-corrected chi connectivity index (χ3v) is 2.98. The van der Waals surface area contributed by atoms with Crippen molar-refractivity contribution in [3.63, 3.8) is 0 Å². The quantitative estimate of drug-likeness (QED) is 0.416. The Bertz CT molecular complexity index is 543. The second-order valence-corrected chi connectivity index (χ2v) is 4.92. The van der Waals surface area contributed by atoms with Crippen LogP contribution >= 0.6 is 0 Å². The van der Waals surface area contributed by atoms with Crippen molar-refractivity contribution in [2.75, 3.05) is 24.2 Å². The molecule has 9 heteroatoms. The lowest BCUT2D eigenvalue weighted by Gasteiger charge is -2.09. The molecular formula is C9H14N4O4S. The zero-order chi connectivity index (χ0) is 13.8. The van der Waals surface area contributed by atoms with Crippen LogP contribution in [0, 0.1) is 0 Å². The number of primary sulfonamides is 1. The van der Waals surface area contributed by atoms with Crippen LogP contribution in [0.4, 0.5) is 16.2 Å². The van der Waals surface area contributed by atoms with E-state index in [4.69, 9.17) is 16.6 Å². The zero-order valence-corrected chi connectivity index (χ0v) is 10.2. The minimum absolute atomic E-state index is 0.0401. The first-order chi connectivity index (χ1) is 8.30. The minimum Gasteiger partial charge on any atom is -0.448 e. The van der Waals surface area contributed by atoms with Gasteiger partial charge in [-0.1, -0.05) is 0 Å². The predicted octanol–water partition coefficient (Wildman–Crippen LogP) is -0.577. The molecule has 0 saturated heterocycles. The summed E-state index contributed by atoms with van der Waals surface area (Å²) < 4.78 is 26.7. The fraction of sp³-hybridized carbons (Fsp3) is 0.222. The molecule has 0 fully saturated rings. The number of anilines is 2. The number of ether oxygens (including phenoxy) is 1. The Kier molecular flexibility index (Phi) is 4.34. The van der Waals surface area contributed by atoms with Gasteiger partial charge in [0, 0.05) is 12.2 Å². The van der Waals surface area contributed by atoms with E-state index in [0.29, 0.717) is 12.2 Å². The predicted molar refractivity (Wildman–Crippen MR) is 66.3 cm³/mol. The van der Waals surface area contributed by atoms with E-state index in [9.17, 15) is 13.2 Å². The van der Waals surface area contributed by atoms with Crippen LogP contribution in [0.25, 0.3) is 0 Å². The topological polar surface area (TPSA) is 151 Å². The van der Waals surface area contributed by atoms with Crippen molar-refractivity contribution < 1.29 is 17.9 Å². The van der Waals surface area contributed by atoms with Crippen LogP contribution in [0.3, 0.4) is 0 Å². The Morgan fingerprint density at radius 1 is 1.39 bits per heavy atom. The highest BCUT2D eigenvalue weighted by molar-refractivity contribution is 7.89. The van der Waals surface area contributed by atoms with Crippen LogP contribution in [-0.2, 0) is 14.8 Å². The van der Waals surface area contributed by atoms with Gasteiger partial charge in [0.1, 0.15) is 11.5 Å². The molecule has 0 aliphatic carbocycles. The maximum atomic E-state index is 11.1. The largest absolute Gasteiger partial charge is 0.448 e. The molecule has 0 heterocycles. The molecule has 7 N–H and O–H groups in total. The molecule has 100 valence electrons. The number of nitrogens with one attached hydrogen (secondary N) is 1. The summed E-state index contributed by atoms with van der Waals surface area (Å²) in [6, 6.07) is 4.21. The number of hydrogen-bond donors (Lipinski definition) is 4. The smallest absolute Gasteiger partial charge is 0.404 e. The van der Waals surface area contributed by atoms with Gasteiger partial charge < -0.3 is 21.5 Å². The fourth-order valence-electron chi connectivity index (χ4n) is 1.26. The number of sulfonamides is 1. The van der Waals surface area contributed by atoms with Crippen LogP contribution in [-0.4, -0.2) is 27.7 Å². The normalized spacial score (nSPS) is 10.9. The molecular weight excluding hydrogens is 260 g/mol. The van der Waals surface area contributed by atoms with Gasteiger partial charge in [-0.25, -0.2) is 18.4 Å². The number of carbonyl (C=O) groups is 1. The van der Waals surface area contributed by atoms with E-state index in [0.717, 1.165) is 0 Å². The van der Waals surface area contributed by atoms with Crippen LogP contribution in [0.1, 0.15) is 0 Å². The molecule has 0 aliphatic heterocycles. The van der Waals surface area contributed by atoms with Crippen LogP contribution in [0.2, 0.25) is 0 Å². The fourth-order valence-corrected chi connectivity index (χ4v) is 1.91. The molecule has 0 spiro atoms. The zero-order valence-electron chi connectivity index (χ0n) is 9.42. The van der Waals surface area contributed by atoms with Crippen molar-refractivity contribution in [2.45, 2.75) is 4.90 Å². The van der Waals surface area contributed by atoms with Crippen LogP contribution < -0.4 is 21.9 Å². The van der Waals surface area contributed by atoms with Crippen molar-refractivity contribution in [2.24, 2.45) is 10.9 Å². The monoisotopic (exact) mass is 274 g/mol. The van der Waals surface area contributed by atoms with Crippen LogP contribution in [0.15, 0.2) is 23.1 Å². The number of nitrogen functional groups attached to an aromatic ring is 1. The Morgan fingerprint density at radius 3 is 2.56 bits per heavy atom. The first-order valence-corrected chi connectivity index (χ1v) is 6.44. The first-order valence-electron chi connectivity index (χ1n) is 4.89. The van der Waals surface area contributed by atoms with Crippen molar-refractivity contribution in [3.05, 3.63) is 18.2 Å². The molecule has 1 aromatic carbocycles. The highest BCUT2D eigenvalue weighted by Crippen LogP contribution is 2.21. The number of amides is 1. The van der Waals surface area contributed by atoms with Gasteiger partial charge in [0.25, 0.3) is 0 Å². The third-order valence-electron chi connectivity index (χ3n) is 1.99. The van der Waals surface area contributed by atoms with Gasteiger partial charge in [0.2, 0.25) is 10.0 Å². The Balaban J connectivity index is 2.65.